The Labute approximate surface area is 92.1 Å². The van der Waals surface area contributed by atoms with Crippen LogP contribution in [-0.4, -0.2) is 0 Å². The molecule has 0 aromatic heterocycles. The molecule has 1 aromatic carbocycles. The van der Waals surface area contributed by atoms with E-state index in [4.69, 9.17) is 6.42 Å². The Morgan fingerprint density at radius 1 is 1.09 bits per heavy atom. The molecule has 0 nitrogen and oxygen atoms in total. The van der Waals surface area contributed by atoms with Crippen LogP contribution in [0.4, 0.5) is 0 Å². The van der Waals surface area contributed by atoms with Crippen molar-refractivity contribution in [3.63, 3.8) is 0 Å². The first-order valence-corrected chi connectivity index (χ1v) is 2.74. The number of hydrogen-bond acceptors (Lipinski definition) is 0. The zero-order chi connectivity index (χ0) is 6.53. The van der Waals surface area contributed by atoms with Crippen LogP contribution in [0.25, 0.3) is 0 Å². The van der Waals surface area contributed by atoms with Crippen LogP contribution in [0.1, 0.15) is 5.56 Å². The van der Waals surface area contributed by atoms with Crippen LogP contribution in [0.15, 0.2) is 30.3 Å². The maximum atomic E-state index is 6.63. The molecule has 0 saturated carbocycles. The molecule has 0 atom stereocenters. The molecule has 0 radical (unpaired) electrons. The fourth-order valence-electron chi connectivity index (χ4n) is 0.633. The van der Waals surface area contributed by atoms with Crippen LogP contribution in [0, 0.1) is 18.8 Å². The number of hydrogen-bond donors (Lipinski definition) is 0. The summed E-state index contributed by atoms with van der Waals surface area (Å²) in [6.07, 6.45) is 8.26. The van der Waals surface area contributed by atoms with Gasteiger partial charge in [-0.15, -0.1) is 0 Å². The molecule has 2 heteroatoms. The minimum Gasteiger partial charge on any atom is -0.729 e. The van der Waals surface area contributed by atoms with Crippen LogP contribution in [-0.2, 0) is 0 Å². The molecule has 0 saturated heterocycles. The Kier molecular flexibility index (Phi) is 9.71. The first-order valence-electron chi connectivity index (χ1n) is 2.74. The Bertz CT molecular complexity index is 211. The van der Waals surface area contributed by atoms with Gasteiger partial charge in [-0.25, -0.2) is 0 Å². The molecule has 1 aromatic rings. The van der Waals surface area contributed by atoms with Crippen molar-refractivity contribution in [2.75, 3.05) is 0 Å². The molecule has 0 spiro atoms. The third kappa shape index (κ3) is 5.15. The summed E-state index contributed by atoms with van der Waals surface area (Å²) in [5.41, 5.74) is 1.02. The van der Waals surface area contributed by atoms with Crippen molar-refractivity contribution in [1.29, 1.82) is 0 Å². The van der Waals surface area contributed by atoms with Crippen molar-refractivity contribution in [2.45, 2.75) is 0 Å². The van der Waals surface area contributed by atoms with E-state index in [1.807, 2.05) is 30.3 Å². The van der Waals surface area contributed by atoms with E-state index >= 15 is 0 Å². The summed E-state index contributed by atoms with van der Waals surface area (Å²) >= 11 is 0. The van der Waals surface area contributed by atoms with E-state index < -0.39 is 0 Å². The molecular formula is C9H6Li2. The molecule has 0 amide bonds. The summed E-state index contributed by atoms with van der Waals surface area (Å²) in [4.78, 5) is 0. The second-order valence-corrected chi connectivity index (χ2v) is 1.70. The maximum Gasteiger partial charge on any atom is 1.00 e. The molecular weight excluding hydrogens is 122 g/mol. The minimum atomic E-state index is 0. The van der Waals surface area contributed by atoms with Crippen molar-refractivity contribution in [3.8, 4) is 5.92 Å². The fraction of sp³-hybridized carbons (Fsp3) is 0. The van der Waals surface area contributed by atoms with Crippen molar-refractivity contribution >= 4 is 0 Å². The number of rotatable bonds is 1. The molecule has 0 aliphatic heterocycles. The first kappa shape index (κ1) is 13.4. The average molecular weight is 128 g/mol. The maximum absolute atomic E-state index is 6.63. The van der Waals surface area contributed by atoms with Gasteiger partial charge in [-0.05, 0) is 0 Å². The second kappa shape index (κ2) is 7.95. The molecule has 0 heterocycles. The molecule has 0 fully saturated rings. The van der Waals surface area contributed by atoms with Crippen LogP contribution >= 0.6 is 0 Å². The summed E-state index contributed by atoms with van der Waals surface area (Å²) in [7, 11) is 0. The molecule has 44 valence electrons. The fourth-order valence-corrected chi connectivity index (χ4v) is 0.633. The standard InChI is InChI=1S/C9H6.2Li/c1-2-6-9-7-4-3-5-8-9;;/h3-8H;;/q-2;2*+1. The van der Waals surface area contributed by atoms with Gasteiger partial charge in [0, 0.05) is 0 Å². The summed E-state index contributed by atoms with van der Waals surface area (Å²) in [5.74, 6) is 2.21. The van der Waals surface area contributed by atoms with Crippen LogP contribution in [0.3, 0.4) is 0 Å². The van der Waals surface area contributed by atoms with E-state index in [9.17, 15) is 0 Å². The zero-order valence-electron chi connectivity index (χ0n) is 6.96. The number of benzene rings is 1. The summed E-state index contributed by atoms with van der Waals surface area (Å²) in [6.45, 7) is 0. The van der Waals surface area contributed by atoms with Crippen molar-refractivity contribution < 1.29 is 37.7 Å². The van der Waals surface area contributed by atoms with E-state index in [2.05, 4.69) is 5.92 Å². The van der Waals surface area contributed by atoms with Crippen molar-refractivity contribution in [3.05, 3.63) is 48.7 Å². The predicted octanol–water partition coefficient (Wildman–Crippen LogP) is -4.16. The third-order valence-electron chi connectivity index (χ3n) is 1.04. The second-order valence-electron chi connectivity index (χ2n) is 1.70. The summed E-state index contributed by atoms with van der Waals surface area (Å²) < 4.78 is 0. The van der Waals surface area contributed by atoms with Gasteiger partial charge in [0.1, 0.15) is 0 Å². The molecule has 0 aliphatic carbocycles. The normalized spacial score (nSPS) is 6.45. The molecule has 0 aliphatic rings. The quantitative estimate of drug-likeness (QED) is 0.204. The Hall–Kier alpha value is -0.155. The molecule has 1 rings (SSSR count). The van der Waals surface area contributed by atoms with E-state index in [1.165, 1.54) is 0 Å². The molecule has 11 heavy (non-hydrogen) atoms. The Morgan fingerprint density at radius 2 is 1.64 bits per heavy atom. The third-order valence-corrected chi connectivity index (χ3v) is 1.04. The van der Waals surface area contributed by atoms with Crippen LogP contribution in [0.2, 0.25) is 0 Å². The summed E-state index contributed by atoms with van der Waals surface area (Å²) in [6, 6.07) is 9.68. The molecule has 0 unspecified atom stereocenters. The van der Waals surface area contributed by atoms with Gasteiger partial charge < -0.3 is 18.8 Å². The van der Waals surface area contributed by atoms with Gasteiger partial charge in [0.2, 0.25) is 0 Å². The van der Waals surface area contributed by atoms with E-state index in [1.54, 1.807) is 6.42 Å². The van der Waals surface area contributed by atoms with E-state index in [-0.39, 0.29) is 37.7 Å². The van der Waals surface area contributed by atoms with E-state index in [0.29, 0.717) is 0 Å². The van der Waals surface area contributed by atoms with Gasteiger partial charge in [-0.3, -0.25) is 0 Å². The average Bonchev–Trinajstić information content (AvgIpc) is 1.91. The first-order chi connectivity index (χ1) is 4.43. The van der Waals surface area contributed by atoms with Crippen molar-refractivity contribution in [1.82, 2.24) is 0 Å². The van der Waals surface area contributed by atoms with Gasteiger partial charge in [0.15, 0.2) is 0 Å². The van der Waals surface area contributed by atoms with Gasteiger partial charge in [-0.1, -0.05) is 30.3 Å². The molecule has 0 N–H and O–H groups in total. The van der Waals surface area contributed by atoms with E-state index in [0.717, 1.165) is 5.56 Å². The largest absolute Gasteiger partial charge is 1.00 e. The van der Waals surface area contributed by atoms with Crippen molar-refractivity contribution in [2.24, 2.45) is 0 Å². The van der Waals surface area contributed by atoms with Gasteiger partial charge >= 0.3 is 37.7 Å². The predicted molar refractivity (Wildman–Crippen MR) is 37.0 cm³/mol. The minimum absolute atomic E-state index is 0. The SMILES string of the molecule is [C-]#C[CH-]c1ccccc1.[Li+].[Li+]. The molecule has 0 bridgehead atoms. The van der Waals surface area contributed by atoms with Gasteiger partial charge in [0.05, 0.1) is 0 Å². The van der Waals surface area contributed by atoms with Crippen LogP contribution < -0.4 is 37.7 Å². The van der Waals surface area contributed by atoms with Gasteiger partial charge in [-0.2, -0.15) is 5.56 Å². The van der Waals surface area contributed by atoms with Gasteiger partial charge in [0.25, 0.3) is 0 Å². The summed E-state index contributed by atoms with van der Waals surface area (Å²) in [5, 5.41) is 0. The zero-order valence-corrected chi connectivity index (χ0v) is 6.96. The Morgan fingerprint density at radius 3 is 2.09 bits per heavy atom. The Balaban J connectivity index is 0. The topological polar surface area (TPSA) is 0 Å². The smallest absolute Gasteiger partial charge is 0.729 e. The van der Waals surface area contributed by atoms with Crippen LogP contribution in [0.5, 0.6) is 0 Å². The monoisotopic (exact) mass is 128 g/mol.